The molecule has 1 heterocycles. The Bertz CT molecular complexity index is 216. The lowest BCUT2D eigenvalue weighted by Gasteiger charge is -2.02. The van der Waals surface area contributed by atoms with Crippen molar-refractivity contribution in [3.8, 4) is 0 Å². The molecular formula is C9H11N2. The Kier molecular flexibility index (Phi) is 1.76. The second-order valence-electron chi connectivity index (χ2n) is 3.00. The highest BCUT2D eigenvalue weighted by Gasteiger charge is 2.20. The van der Waals surface area contributed by atoms with Gasteiger partial charge >= 0.3 is 0 Å². The first-order valence-electron chi connectivity index (χ1n) is 4.01. The molecule has 1 aliphatic carbocycles. The summed E-state index contributed by atoms with van der Waals surface area (Å²) in [4.78, 5) is 3.82. The molecule has 0 aliphatic heterocycles. The van der Waals surface area contributed by atoms with Gasteiger partial charge < -0.3 is 5.32 Å². The quantitative estimate of drug-likeness (QED) is 0.704. The van der Waals surface area contributed by atoms with Gasteiger partial charge in [-0.1, -0.05) is 0 Å². The van der Waals surface area contributed by atoms with E-state index < -0.39 is 0 Å². The first kappa shape index (κ1) is 6.65. The summed E-state index contributed by atoms with van der Waals surface area (Å²) in [6.45, 7) is 1.11. The molecule has 1 N–H and O–H groups in total. The monoisotopic (exact) mass is 147 g/mol. The lowest BCUT2D eigenvalue weighted by atomic mass is 10.3. The molecule has 2 nitrogen and oxygen atoms in total. The van der Waals surface area contributed by atoms with Gasteiger partial charge in [0.2, 0.25) is 0 Å². The molecule has 1 aliphatic rings. The summed E-state index contributed by atoms with van der Waals surface area (Å²) in [5.41, 5.74) is 1.13. The predicted molar refractivity (Wildman–Crippen MR) is 44.3 cm³/mol. The zero-order valence-electron chi connectivity index (χ0n) is 6.38. The zero-order chi connectivity index (χ0) is 7.52. The SMILES string of the molecule is [c]1cc(NCC2CC2)ccn1. The number of aromatic nitrogens is 1. The lowest BCUT2D eigenvalue weighted by Crippen LogP contribution is -2.02. The van der Waals surface area contributed by atoms with Gasteiger partial charge in [0.05, 0.1) is 6.20 Å². The molecule has 1 fully saturated rings. The minimum Gasteiger partial charge on any atom is -0.385 e. The Morgan fingerprint density at radius 2 is 2.55 bits per heavy atom. The Morgan fingerprint density at radius 3 is 3.18 bits per heavy atom. The van der Waals surface area contributed by atoms with Crippen LogP contribution in [0, 0.1) is 12.1 Å². The maximum atomic E-state index is 3.82. The van der Waals surface area contributed by atoms with Crippen LogP contribution in [0.25, 0.3) is 0 Å². The summed E-state index contributed by atoms with van der Waals surface area (Å²) in [6.07, 6.45) is 7.33. The summed E-state index contributed by atoms with van der Waals surface area (Å²) in [6, 6.07) is 3.85. The Labute approximate surface area is 66.7 Å². The zero-order valence-corrected chi connectivity index (χ0v) is 6.38. The average molecular weight is 147 g/mol. The average Bonchev–Trinajstić information content (AvgIpc) is 2.86. The van der Waals surface area contributed by atoms with E-state index in [1.54, 1.807) is 6.20 Å². The van der Waals surface area contributed by atoms with E-state index >= 15 is 0 Å². The van der Waals surface area contributed by atoms with Crippen LogP contribution >= 0.6 is 0 Å². The fourth-order valence-corrected chi connectivity index (χ4v) is 1.01. The molecule has 1 aromatic heterocycles. The first-order valence-corrected chi connectivity index (χ1v) is 4.01. The van der Waals surface area contributed by atoms with Gasteiger partial charge in [0.15, 0.2) is 0 Å². The number of anilines is 1. The van der Waals surface area contributed by atoms with Crippen LogP contribution in [0.4, 0.5) is 5.69 Å². The molecule has 0 bridgehead atoms. The van der Waals surface area contributed by atoms with E-state index in [-0.39, 0.29) is 0 Å². The Morgan fingerprint density at radius 1 is 1.64 bits per heavy atom. The lowest BCUT2D eigenvalue weighted by molar-refractivity contribution is 0.889. The van der Waals surface area contributed by atoms with Crippen molar-refractivity contribution in [3.05, 3.63) is 24.5 Å². The molecule has 57 valence electrons. The van der Waals surface area contributed by atoms with Gasteiger partial charge in [-0.15, -0.1) is 0 Å². The Hall–Kier alpha value is -1.05. The minimum absolute atomic E-state index is 0.920. The molecule has 2 rings (SSSR count). The summed E-state index contributed by atoms with van der Waals surface area (Å²) < 4.78 is 0. The molecule has 1 radical (unpaired) electrons. The molecular weight excluding hydrogens is 136 g/mol. The van der Waals surface area contributed by atoms with Crippen molar-refractivity contribution in [1.29, 1.82) is 0 Å². The summed E-state index contributed by atoms with van der Waals surface area (Å²) in [5.74, 6) is 0.920. The van der Waals surface area contributed by atoms with Crippen molar-refractivity contribution < 1.29 is 0 Å². The summed E-state index contributed by atoms with van der Waals surface area (Å²) in [7, 11) is 0. The second-order valence-corrected chi connectivity index (χ2v) is 3.00. The van der Waals surface area contributed by atoms with Crippen LogP contribution in [0.1, 0.15) is 12.8 Å². The van der Waals surface area contributed by atoms with Crippen molar-refractivity contribution in [2.24, 2.45) is 5.92 Å². The number of pyridine rings is 1. The molecule has 0 aromatic carbocycles. The van der Waals surface area contributed by atoms with Gasteiger partial charge in [0.1, 0.15) is 0 Å². The van der Waals surface area contributed by atoms with Crippen LogP contribution < -0.4 is 5.32 Å². The molecule has 1 aromatic rings. The predicted octanol–water partition coefficient (Wildman–Crippen LogP) is 1.70. The van der Waals surface area contributed by atoms with Crippen LogP contribution in [-0.4, -0.2) is 11.5 Å². The van der Waals surface area contributed by atoms with Crippen molar-refractivity contribution in [3.63, 3.8) is 0 Å². The minimum atomic E-state index is 0.920. The van der Waals surface area contributed by atoms with Crippen molar-refractivity contribution in [1.82, 2.24) is 4.98 Å². The molecule has 0 unspecified atom stereocenters. The van der Waals surface area contributed by atoms with E-state index in [1.165, 1.54) is 12.8 Å². The van der Waals surface area contributed by atoms with Gasteiger partial charge in [0.25, 0.3) is 0 Å². The standard InChI is InChI=1S/C9H11N2/c1-2-8(1)7-11-9-3-5-10-6-4-9/h3-5,8H,1-2,7H2,(H,10,11). The number of rotatable bonds is 3. The molecule has 11 heavy (non-hydrogen) atoms. The summed E-state index contributed by atoms with van der Waals surface area (Å²) in [5, 5.41) is 3.34. The van der Waals surface area contributed by atoms with Gasteiger partial charge in [-0.3, -0.25) is 4.98 Å². The third kappa shape index (κ3) is 1.93. The summed E-state index contributed by atoms with van der Waals surface area (Å²) >= 11 is 0. The van der Waals surface area contributed by atoms with Gasteiger partial charge in [-0.25, -0.2) is 0 Å². The highest BCUT2D eigenvalue weighted by molar-refractivity contribution is 5.40. The molecule has 0 atom stereocenters. The normalized spacial score (nSPS) is 16.4. The Balaban J connectivity index is 1.85. The molecule has 0 spiro atoms. The van der Waals surface area contributed by atoms with E-state index in [0.29, 0.717) is 0 Å². The van der Waals surface area contributed by atoms with E-state index in [4.69, 9.17) is 0 Å². The van der Waals surface area contributed by atoms with Crippen LogP contribution in [-0.2, 0) is 0 Å². The molecule has 2 heteroatoms. The second kappa shape index (κ2) is 2.91. The smallest absolute Gasteiger partial charge is 0.0907 e. The molecule has 1 saturated carbocycles. The highest BCUT2D eigenvalue weighted by atomic mass is 14.9. The number of hydrogen-bond donors (Lipinski definition) is 1. The van der Waals surface area contributed by atoms with Crippen LogP contribution in [0.5, 0.6) is 0 Å². The van der Waals surface area contributed by atoms with Crippen LogP contribution in [0.2, 0.25) is 0 Å². The number of nitrogens with zero attached hydrogens (tertiary/aromatic N) is 1. The maximum absolute atomic E-state index is 3.82. The molecule has 0 saturated heterocycles. The van der Waals surface area contributed by atoms with E-state index in [2.05, 4.69) is 16.5 Å². The number of hydrogen-bond acceptors (Lipinski definition) is 2. The fourth-order valence-electron chi connectivity index (χ4n) is 1.01. The van der Waals surface area contributed by atoms with E-state index in [1.807, 2.05) is 12.1 Å². The fraction of sp³-hybridized carbons (Fsp3) is 0.444. The van der Waals surface area contributed by atoms with Gasteiger partial charge in [0, 0.05) is 18.4 Å². The van der Waals surface area contributed by atoms with Crippen LogP contribution in [0.15, 0.2) is 18.3 Å². The first-order chi connectivity index (χ1) is 5.45. The largest absolute Gasteiger partial charge is 0.385 e. The van der Waals surface area contributed by atoms with Crippen molar-refractivity contribution in [2.45, 2.75) is 12.8 Å². The van der Waals surface area contributed by atoms with Gasteiger partial charge in [-0.2, -0.15) is 0 Å². The highest BCUT2D eigenvalue weighted by Crippen LogP contribution is 2.28. The third-order valence-corrected chi connectivity index (χ3v) is 1.92. The molecule has 0 amide bonds. The third-order valence-electron chi connectivity index (χ3n) is 1.92. The van der Waals surface area contributed by atoms with Gasteiger partial charge in [-0.05, 0) is 30.9 Å². The number of nitrogens with one attached hydrogen (secondary N) is 1. The van der Waals surface area contributed by atoms with Crippen LogP contribution in [0.3, 0.4) is 0 Å². The topological polar surface area (TPSA) is 24.9 Å². The van der Waals surface area contributed by atoms with Crippen molar-refractivity contribution in [2.75, 3.05) is 11.9 Å². The van der Waals surface area contributed by atoms with Crippen molar-refractivity contribution >= 4 is 5.69 Å². The van der Waals surface area contributed by atoms with E-state index in [9.17, 15) is 0 Å². The maximum Gasteiger partial charge on any atom is 0.0907 e. The van der Waals surface area contributed by atoms with E-state index in [0.717, 1.165) is 18.2 Å².